The summed E-state index contributed by atoms with van der Waals surface area (Å²) in [4.78, 5) is 10.2. The molecule has 0 saturated heterocycles. The summed E-state index contributed by atoms with van der Waals surface area (Å²) in [6.07, 6.45) is 6.68. The summed E-state index contributed by atoms with van der Waals surface area (Å²) in [7, 11) is 12.7. The second-order valence-electron chi connectivity index (χ2n) is 6.59. The van der Waals surface area contributed by atoms with Crippen molar-refractivity contribution < 1.29 is 18.6 Å². The van der Waals surface area contributed by atoms with E-state index >= 15 is 0 Å². The van der Waals surface area contributed by atoms with E-state index in [4.69, 9.17) is 9.68 Å². The third-order valence-corrected chi connectivity index (χ3v) is 2.26. The van der Waals surface area contributed by atoms with Crippen LogP contribution in [0.25, 0.3) is 0 Å². The van der Waals surface area contributed by atoms with E-state index in [0.717, 1.165) is 22.1 Å². The van der Waals surface area contributed by atoms with E-state index in [9.17, 15) is 0 Å². The molecule has 20 heavy (non-hydrogen) atoms. The van der Waals surface area contributed by atoms with Crippen LogP contribution in [0.1, 0.15) is 0 Å². The number of likely N-dealkylation sites (N-methyl/N-ethyl adjacent to an activating group) is 2. The van der Waals surface area contributed by atoms with Gasteiger partial charge in [0.2, 0.25) is 0 Å². The van der Waals surface area contributed by atoms with Crippen LogP contribution < -0.4 is 0 Å². The molecule has 0 unspecified atom stereocenters. The molecular formula is C14H30N4O2+2. The first-order valence-corrected chi connectivity index (χ1v) is 6.77. The molecule has 0 fully saturated rings. The molecular weight excluding hydrogens is 256 g/mol. The maximum Gasteiger partial charge on any atom is 0.165 e. The van der Waals surface area contributed by atoms with Crippen LogP contribution in [0, 0.1) is 0 Å². The van der Waals surface area contributed by atoms with E-state index in [0.29, 0.717) is 13.2 Å². The van der Waals surface area contributed by atoms with Crippen molar-refractivity contribution in [3.05, 3.63) is 12.2 Å². The average molecular weight is 286 g/mol. The van der Waals surface area contributed by atoms with Crippen LogP contribution in [0.15, 0.2) is 22.5 Å². The summed E-state index contributed by atoms with van der Waals surface area (Å²) in [6.45, 7) is 3.05. The van der Waals surface area contributed by atoms with Gasteiger partial charge in [0.15, 0.2) is 13.2 Å². The zero-order valence-electron chi connectivity index (χ0n) is 13.7. The number of quaternary nitrogens is 2. The number of hydrogen-bond donors (Lipinski definition) is 0. The van der Waals surface area contributed by atoms with Crippen molar-refractivity contribution in [1.29, 1.82) is 0 Å². The van der Waals surface area contributed by atoms with E-state index in [1.807, 2.05) is 0 Å². The van der Waals surface area contributed by atoms with Crippen LogP contribution in [0.2, 0.25) is 0 Å². The Balaban J connectivity index is 3.56. The van der Waals surface area contributed by atoms with Crippen molar-refractivity contribution in [1.82, 2.24) is 0 Å². The van der Waals surface area contributed by atoms with Gasteiger partial charge < -0.3 is 18.6 Å². The summed E-state index contributed by atoms with van der Waals surface area (Å²) in [5.74, 6) is 0. The highest BCUT2D eigenvalue weighted by molar-refractivity contribution is 5.80. The van der Waals surface area contributed by atoms with Crippen molar-refractivity contribution in [2.75, 3.05) is 68.6 Å². The van der Waals surface area contributed by atoms with Gasteiger partial charge in [-0.25, -0.2) is 0 Å². The monoisotopic (exact) mass is 286 g/mol. The van der Waals surface area contributed by atoms with Crippen molar-refractivity contribution in [3.8, 4) is 0 Å². The molecule has 0 rings (SSSR count). The Morgan fingerprint density at radius 3 is 1.35 bits per heavy atom. The summed E-state index contributed by atoms with van der Waals surface area (Å²) < 4.78 is 1.73. The normalized spacial score (nSPS) is 13.7. The largest absolute Gasteiger partial charge is 0.390 e. The van der Waals surface area contributed by atoms with Gasteiger partial charge in [-0.1, -0.05) is 10.3 Å². The minimum absolute atomic E-state index is 0.607. The molecule has 0 amide bonds. The SMILES string of the molecule is C[N+](C)(C)CCO/N=C/C=C/C=N/OCC[N+](C)(C)C. The summed E-state index contributed by atoms with van der Waals surface area (Å²) in [5.41, 5.74) is 0. The van der Waals surface area contributed by atoms with Crippen LogP contribution in [0.4, 0.5) is 0 Å². The van der Waals surface area contributed by atoms with E-state index in [2.05, 4.69) is 52.6 Å². The quantitative estimate of drug-likeness (QED) is 0.260. The predicted octanol–water partition coefficient (Wildman–Crippen LogP) is 0.960. The van der Waals surface area contributed by atoms with E-state index in [1.54, 1.807) is 24.6 Å². The summed E-state index contributed by atoms with van der Waals surface area (Å²) in [5, 5.41) is 7.63. The molecule has 116 valence electrons. The molecule has 0 aromatic heterocycles. The Bertz CT molecular complexity index is 293. The van der Waals surface area contributed by atoms with E-state index in [-0.39, 0.29) is 0 Å². The number of allylic oxidation sites excluding steroid dienone is 2. The fraction of sp³-hybridized carbons (Fsp3) is 0.714. The molecule has 0 radical (unpaired) electrons. The zero-order chi connectivity index (χ0) is 15.5. The number of hydrogen-bond acceptors (Lipinski definition) is 4. The van der Waals surface area contributed by atoms with Crippen LogP contribution in [-0.4, -0.2) is 90.0 Å². The van der Waals surface area contributed by atoms with Gasteiger partial charge >= 0.3 is 0 Å². The Hall–Kier alpha value is -1.40. The molecule has 0 aliphatic rings. The number of rotatable bonds is 10. The molecule has 0 spiro atoms. The highest BCUT2D eigenvalue weighted by Gasteiger charge is 2.05. The van der Waals surface area contributed by atoms with Gasteiger partial charge in [0.25, 0.3) is 0 Å². The Morgan fingerprint density at radius 2 is 1.05 bits per heavy atom. The maximum absolute atomic E-state index is 5.12. The molecule has 0 N–H and O–H groups in total. The lowest BCUT2D eigenvalue weighted by molar-refractivity contribution is -0.870. The standard InChI is InChI=1S/C14H30N4O2/c1-17(2,3)11-13-19-15-9-7-8-10-16-20-14-12-18(4,5)6/h7-10H,11-14H2,1-6H3/q+2/b8-7+,15-9+,16-10+. The van der Waals surface area contributed by atoms with Gasteiger partial charge in [-0.05, 0) is 12.2 Å². The Morgan fingerprint density at radius 1 is 0.700 bits per heavy atom. The van der Waals surface area contributed by atoms with Gasteiger partial charge in [-0.3, -0.25) is 0 Å². The molecule has 0 atom stereocenters. The predicted molar refractivity (Wildman–Crippen MR) is 83.8 cm³/mol. The smallest absolute Gasteiger partial charge is 0.165 e. The highest BCUT2D eigenvalue weighted by atomic mass is 16.6. The second kappa shape index (κ2) is 9.50. The maximum atomic E-state index is 5.12. The van der Waals surface area contributed by atoms with Crippen molar-refractivity contribution in [3.63, 3.8) is 0 Å². The Labute approximate surface area is 123 Å². The lowest BCUT2D eigenvalue weighted by atomic mass is 10.5. The van der Waals surface area contributed by atoms with E-state index in [1.165, 1.54) is 0 Å². The lowest BCUT2D eigenvalue weighted by Gasteiger charge is -2.22. The highest BCUT2D eigenvalue weighted by Crippen LogP contribution is 1.90. The van der Waals surface area contributed by atoms with Crippen LogP contribution in [0.5, 0.6) is 0 Å². The minimum Gasteiger partial charge on any atom is -0.390 e. The van der Waals surface area contributed by atoms with Crippen LogP contribution in [-0.2, 0) is 9.68 Å². The van der Waals surface area contributed by atoms with Gasteiger partial charge in [0.1, 0.15) is 13.1 Å². The molecule has 6 nitrogen and oxygen atoms in total. The number of nitrogens with zero attached hydrogens (tertiary/aromatic N) is 4. The van der Waals surface area contributed by atoms with Crippen LogP contribution >= 0.6 is 0 Å². The number of oxime groups is 2. The molecule has 0 aromatic carbocycles. The molecule has 0 saturated carbocycles. The zero-order valence-corrected chi connectivity index (χ0v) is 13.7. The fourth-order valence-electron chi connectivity index (χ4n) is 0.991. The van der Waals surface area contributed by atoms with E-state index < -0.39 is 0 Å². The van der Waals surface area contributed by atoms with Gasteiger partial charge in [0, 0.05) is 0 Å². The third-order valence-electron chi connectivity index (χ3n) is 2.26. The first kappa shape index (κ1) is 18.6. The van der Waals surface area contributed by atoms with Gasteiger partial charge in [0.05, 0.1) is 54.7 Å². The molecule has 0 aliphatic carbocycles. The summed E-state index contributed by atoms with van der Waals surface area (Å²) >= 11 is 0. The van der Waals surface area contributed by atoms with Crippen LogP contribution in [0.3, 0.4) is 0 Å². The van der Waals surface area contributed by atoms with Crippen molar-refractivity contribution >= 4 is 12.4 Å². The first-order valence-electron chi connectivity index (χ1n) is 6.77. The van der Waals surface area contributed by atoms with Crippen molar-refractivity contribution in [2.45, 2.75) is 0 Å². The van der Waals surface area contributed by atoms with Crippen molar-refractivity contribution in [2.24, 2.45) is 10.3 Å². The Kier molecular flexibility index (Phi) is 8.83. The topological polar surface area (TPSA) is 43.2 Å². The molecule has 0 aliphatic heterocycles. The second-order valence-corrected chi connectivity index (χ2v) is 6.59. The molecule has 0 aromatic rings. The van der Waals surface area contributed by atoms with Gasteiger partial charge in [-0.15, -0.1) is 0 Å². The molecule has 0 bridgehead atoms. The molecule has 0 heterocycles. The molecule has 6 heteroatoms. The summed E-state index contributed by atoms with van der Waals surface area (Å²) in [6, 6.07) is 0. The lowest BCUT2D eigenvalue weighted by Crippen LogP contribution is -2.37. The third kappa shape index (κ3) is 16.6. The van der Waals surface area contributed by atoms with Gasteiger partial charge in [-0.2, -0.15) is 0 Å². The average Bonchev–Trinajstić information content (AvgIpc) is 2.27. The fourth-order valence-corrected chi connectivity index (χ4v) is 0.991. The first-order chi connectivity index (χ1) is 9.21. The minimum atomic E-state index is 0.607.